The van der Waals surface area contributed by atoms with Gasteiger partial charge < -0.3 is 4.74 Å². The van der Waals surface area contributed by atoms with E-state index in [1.165, 1.54) is 12.1 Å². The minimum absolute atomic E-state index is 0.299. The first-order chi connectivity index (χ1) is 8.74. The minimum atomic E-state index is -0.375. The van der Waals surface area contributed by atoms with E-state index >= 15 is 0 Å². The van der Waals surface area contributed by atoms with Gasteiger partial charge in [0.2, 0.25) is 0 Å². The maximum atomic E-state index is 12.8. The van der Waals surface area contributed by atoms with Crippen LogP contribution in [0.15, 0.2) is 48.5 Å². The number of carbonyl (C=O) groups excluding carboxylic acids is 1. The van der Waals surface area contributed by atoms with Crippen molar-refractivity contribution in [3.8, 4) is 5.75 Å². The summed E-state index contributed by atoms with van der Waals surface area (Å²) in [6, 6.07) is 13.2. The molecule has 0 aliphatic carbocycles. The maximum Gasteiger partial charge on any atom is 0.344 e. The van der Waals surface area contributed by atoms with Crippen molar-refractivity contribution in [2.45, 2.75) is 0 Å². The van der Waals surface area contributed by atoms with E-state index in [1.54, 1.807) is 24.3 Å². The first kappa shape index (κ1) is 10.7. The van der Waals surface area contributed by atoms with Gasteiger partial charge in [0.1, 0.15) is 11.6 Å². The van der Waals surface area contributed by atoms with Crippen LogP contribution in [-0.2, 0) is 4.79 Å². The number of fused-ring (bicyclic) bond motifs is 1. The zero-order valence-electron chi connectivity index (χ0n) is 9.39. The van der Waals surface area contributed by atoms with Crippen LogP contribution in [0, 0.1) is 5.82 Å². The van der Waals surface area contributed by atoms with E-state index in [9.17, 15) is 9.18 Å². The van der Waals surface area contributed by atoms with Gasteiger partial charge in [-0.25, -0.2) is 9.18 Å². The molecular weight excluding hydrogens is 231 g/mol. The summed E-state index contributed by atoms with van der Waals surface area (Å²) >= 11 is 0. The molecule has 2 aromatic carbocycles. The van der Waals surface area contributed by atoms with Crippen LogP contribution in [0.4, 0.5) is 4.39 Å². The van der Waals surface area contributed by atoms with Gasteiger partial charge in [0.15, 0.2) is 0 Å². The van der Waals surface area contributed by atoms with Crippen molar-refractivity contribution in [1.29, 1.82) is 0 Å². The highest BCUT2D eigenvalue weighted by molar-refractivity contribution is 6.25. The van der Waals surface area contributed by atoms with E-state index < -0.39 is 0 Å². The Morgan fingerprint density at radius 2 is 1.72 bits per heavy atom. The van der Waals surface area contributed by atoms with E-state index in [4.69, 9.17) is 4.74 Å². The lowest BCUT2D eigenvalue weighted by Crippen LogP contribution is -2.00. The molecule has 1 aliphatic heterocycles. The third-order valence-electron chi connectivity index (χ3n) is 2.78. The van der Waals surface area contributed by atoms with Crippen molar-refractivity contribution < 1.29 is 13.9 Å². The van der Waals surface area contributed by atoms with Crippen molar-refractivity contribution in [1.82, 2.24) is 0 Å². The van der Waals surface area contributed by atoms with Crippen molar-refractivity contribution in [3.63, 3.8) is 0 Å². The lowest BCUT2D eigenvalue weighted by atomic mass is 10.0. The molecule has 0 saturated heterocycles. The van der Waals surface area contributed by atoms with E-state index in [2.05, 4.69) is 0 Å². The Morgan fingerprint density at radius 1 is 1.00 bits per heavy atom. The van der Waals surface area contributed by atoms with Gasteiger partial charge >= 0.3 is 5.97 Å². The Balaban J connectivity index is 2.07. The van der Waals surface area contributed by atoms with Crippen molar-refractivity contribution >= 4 is 17.6 Å². The molecule has 3 rings (SSSR count). The smallest absolute Gasteiger partial charge is 0.344 e. The zero-order valence-corrected chi connectivity index (χ0v) is 9.39. The molecule has 0 atom stereocenters. The van der Waals surface area contributed by atoms with Gasteiger partial charge in [0, 0.05) is 5.56 Å². The summed E-state index contributed by atoms with van der Waals surface area (Å²) in [5.41, 5.74) is 2.03. The average Bonchev–Trinajstić information content (AvgIpc) is 2.69. The van der Waals surface area contributed by atoms with Gasteiger partial charge in [0.25, 0.3) is 0 Å². The second-order valence-electron chi connectivity index (χ2n) is 4.00. The van der Waals surface area contributed by atoms with Gasteiger partial charge in [-0.2, -0.15) is 0 Å². The summed E-state index contributed by atoms with van der Waals surface area (Å²) in [4.78, 5) is 11.7. The van der Waals surface area contributed by atoms with Gasteiger partial charge in [-0.3, -0.25) is 0 Å². The van der Waals surface area contributed by atoms with Crippen LogP contribution in [0.5, 0.6) is 5.75 Å². The summed E-state index contributed by atoms with van der Waals surface area (Å²) < 4.78 is 17.9. The van der Waals surface area contributed by atoms with Crippen molar-refractivity contribution in [2.24, 2.45) is 0 Å². The SMILES string of the molecule is O=C1Oc2ccccc2C1=Cc1ccc(F)cc1. The Kier molecular flexibility index (Phi) is 2.45. The first-order valence-electron chi connectivity index (χ1n) is 5.53. The highest BCUT2D eigenvalue weighted by atomic mass is 19.1. The number of carbonyl (C=O) groups is 1. The van der Waals surface area contributed by atoms with E-state index in [0.29, 0.717) is 11.3 Å². The summed E-state index contributed by atoms with van der Waals surface area (Å²) in [6.07, 6.45) is 1.70. The summed E-state index contributed by atoms with van der Waals surface area (Å²) in [5.74, 6) is -0.108. The Labute approximate surface area is 103 Å². The summed E-state index contributed by atoms with van der Waals surface area (Å²) in [7, 11) is 0. The number of benzene rings is 2. The highest BCUT2D eigenvalue weighted by Crippen LogP contribution is 2.34. The standard InChI is InChI=1S/C15H9FO2/c16-11-7-5-10(6-8-11)9-13-12-3-1-2-4-14(12)18-15(13)17/h1-9H. The fourth-order valence-electron chi connectivity index (χ4n) is 1.91. The fourth-order valence-corrected chi connectivity index (χ4v) is 1.91. The van der Waals surface area contributed by atoms with Crippen LogP contribution in [0.2, 0.25) is 0 Å². The molecule has 0 spiro atoms. The molecule has 3 heteroatoms. The first-order valence-corrected chi connectivity index (χ1v) is 5.53. The highest BCUT2D eigenvalue weighted by Gasteiger charge is 2.25. The molecule has 0 N–H and O–H groups in total. The number of hydrogen-bond donors (Lipinski definition) is 0. The number of esters is 1. The third-order valence-corrected chi connectivity index (χ3v) is 2.78. The van der Waals surface area contributed by atoms with Crippen LogP contribution in [0.3, 0.4) is 0 Å². The molecule has 1 heterocycles. The zero-order chi connectivity index (χ0) is 12.5. The monoisotopic (exact) mass is 240 g/mol. The number of rotatable bonds is 1. The third kappa shape index (κ3) is 1.80. The van der Waals surface area contributed by atoms with Gasteiger partial charge in [-0.15, -0.1) is 0 Å². The quantitative estimate of drug-likeness (QED) is 0.434. The minimum Gasteiger partial charge on any atom is -0.422 e. The molecule has 0 aromatic heterocycles. The lowest BCUT2D eigenvalue weighted by molar-refractivity contribution is -0.126. The van der Waals surface area contributed by atoms with Crippen LogP contribution in [-0.4, -0.2) is 5.97 Å². The molecule has 0 unspecified atom stereocenters. The predicted octanol–water partition coefficient (Wildman–Crippen LogP) is 3.29. The number of hydrogen-bond acceptors (Lipinski definition) is 2. The molecule has 1 aliphatic rings. The molecule has 0 fully saturated rings. The van der Waals surface area contributed by atoms with E-state index in [0.717, 1.165) is 11.1 Å². The second kappa shape index (κ2) is 4.11. The average molecular weight is 240 g/mol. The molecular formula is C15H9FO2. The van der Waals surface area contributed by atoms with E-state index in [1.807, 2.05) is 18.2 Å². The van der Waals surface area contributed by atoms with E-state index in [-0.39, 0.29) is 11.8 Å². The number of para-hydroxylation sites is 1. The summed E-state index contributed by atoms with van der Waals surface area (Å²) in [6.45, 7) is 0. The van der Waals surface area contributed by atoms with Crippen LogP contribution < -0.4 is 4.74 Å². The fraction of sp³-hybridized carbons (Fsp3) is 0. The van der Waals surface area contributed by atoms with Crippen LogP contribution in [0.25, 0.3) is 11.6 Å². The molecule has 88 valence electrons. The Hall–Kier alpha value is -2.42. The maximum absolute atomic E-state index is 12.8. The Morgan fingerprint density at radius 3 is 2.50 bits per heavy atom. The van der Waals surface area contributed by atoms with Crippen molar-refractivity contribution in [3.05, 3.63) is 65.5 Å². The lowest BCUT2D eigenvalue weighted by Gasteiger charge is -1.96. The number of halogens is 1. The molecule has 0 saturated carbocycles. The molecule has 0 radical (unpaired) electrons. The normalized spacial score (nSPS) is 15.6. The van der Waals surface area contributed by atoms with Crippen LogP contribution >= 0.6 is 0 Å². The van der Waals surface area contributed by atoms with Gasteiger partial charge in [0.05, 0.1) is 5.57 Å². The molecule has 18 heavy (non-hydrogen) atoms. The summed E-state index contributed by atoms with van der Waals surface area (Å²) in [5, 5.41) is 0. The largest absolute Gasteiger partial charge is 0.422 e. The molecule has 0 amide bonds. The molecule has 2 nitrogen and oxygen atoms in total. The Bertz CT molecular complexity index is 642. The van der Waals surface area contributed by atoms with Crippen molar-refractivity contribution in [2.75, 3.05) is 0 Å². The predicted molar refractivity (Wildman–Crippen MR) is 66.3 cm³/mol. The molecule has 2 aromatic rings. The van der Waals surface area contributed by atoms with Crippen LogP contribution in [0.1, 0.15) is 11.1 Å². The number of ether oxygens (including phenoxy) is 1. The van der Waals surface area contributed by atoms with Gasteiger partial charge in [-0.1, -0.05) is 30.3 Å². The topological polar surface area (TPSA) is 26.3 Å². The van der Waals surface area contributed by atoms with Gasteiger partial charge in [-0.05, 0) is 29.8 Å². The second-order valence-corrected chi connectivity index (χ2v) is 4.00. The molecule has 0 bridgehead atoms.